The highest BCUT2D eigenvalue weighted by molar-refractivity contribution is 5.82. The van der Waals surface area contributed by atoms with Crippen LogP contribution in [-0.2, 0) is 9.59 Å². The van der Waals surface area contributed by atoms with E-state index < -0.39 is 11.4 Å². The van der Waals surface area contributed by atoms with E-state index in [1.54, 1.807) is 0 Å². The van der Waals surface area contributed by atoms with Gasteiger partial charge in [0.2, 0.25) is 5.91 Å². The zero-order valence-corrected chi connectivity index (χ0v) is 12.5. The molecule has 0 aliphatic heterocycles. The van der Waals surface area contributed by atoms with E-state index in [9.17, 15) is 9.59 Å². The lowest BCUT2D eigenvalue weighted by molar-refractivity contribution is -0.138. The highest BCUT2D eigenvalue weighted by atomic mass is 16.4. The highest BCUT2D eigenvalue weighted by Gasteiger charge is 2.29. The van der Waals surface area contributed by atoms with Gasteiger partial charge in [-0.3, -0.25) is 9.59 Å². The molecule has 0 aromatic heterocycles. The lowest BCUT2D eigenvalue weighted by Crippen LogP contribution is -2.45. The maximum atomic E-state index is 12.1. The Morgan fingerprint density at radius 2 is 1.67 bits per heavy atom. The van der Waals surface area contributed by atoms with Crippen molar-refractivity contribution in [3.63, 3.8) is 0 Å². The van der Waals surface area contributed by atoms with Crippen molar-refractivity contribution in [2.24, 2.45) is 10.8 Å². The van der Waals surface area contributed by atoms with Gasteiger partial charge in [-0.2, -0.15) is 0 Å². The first-order chi connectivity index (χ1) is 7.98. The van der Waals surface area contributed by atoms with Crippen molar-refractivity contribution >= 4 is 11.9 Å². The summed E-state index contributed by atoms with van der Waals surface area (Å²) in [5.74, 6) is -0.945. The average Bonchev–Trinajstić information content (AvgIpc) is 2.13. The van der Waals surface area contributed by atoms with Crippen molar-refractivity contribution in [2.75, 3.05) is 0 Å². The molecule has 2 N–H and O–H groups in total. The normalized spacial score (nSPS) is 14.1. The van der Waals surface area contributed by atoms with Crippen molar-refractivity contribution in [3.8, 4) is 0 Å². The van der Waals surface area contributed by atoms with E-state index in [-0.39, 0.29) is 23.8 Å². The fourth-order valence-corrected chi connectivity index (χ4v) is 1.67. The van der Waals surface area contributed by atoms with Crippen molar-refractivity contribution < 1.29 is 14.7 Å². The van der Waals surface area contributed by atoms with Crippen LogP contribution in [0.25, 0.3) is 0 Å². The summed E-state index contributed by atoms with van der Waals surface area (Å²) in [6.45, 7) is 11.8. The molecular weight excluding hydrogens is 230 g/mol. The molecule has 0 fully saturated rings. The van der Waals surface area contributed by atoms with Gasteiger partial charge in [-0.15, -0.1) is 0 Å². The fourth-order valence-electron chi connectivity index (χ4n) is 1.67. The first kappa shape index (κ1) is 16.9. The molecule has 4 heteroatoms. The van der Waals surface area contributed by atoms with E-state index in [0.717, 1.165) is 6.42 Å². The summed E-state index contributed by atoms with van der Waals surface area (Å²) >= 11 is 0. The van der Waals surface area contributed by atoms with Crippen LogP contribution >= 0.6 is 0 Å². The molecule has 0 saturated heterocycles. The number of carbonyl (C=O) groups is 2. The first-order valence-corrected chi connectivity index (χ1v) is 6.50. The van der Waals surface area contributed by atoms with Crippen molar-refractivity contribution in [2.45, 2.75) is 66.8 Å². The zero-order valence-electron chi connectivity index (χ0n) is 12.5. The molecule has 4 nitrogen and oxygen atoms in total. The van der Waals surface area contributed by atoms with E-state index in [1.165, 1.54) is 0 Å². The predicted octanol–water partition coefficient (Wildman–Crippen LogP) is 2.82. The Morgan fingerprint density at radius 3 is 2.00 bits per heavy atom. The number of amides is 1. The van der Waals surface area contributed by atoms with Gasteiger partial charge in [-0.1, -0.05) is 41.5 Å². The molecule has 0 aliphatic carbocycles. The number of carbonyl (C=O) groups excluding carboxylic acids is 1. The fraction of sp³-hybridized carbons (Fsp3) is 0.857. The third-order valence-corrected chi connectivity index (χ3v) is 3.11. The van der Waals surface area contributed by atoms with Crippen LogP contribution in [0.3, 0.4) is 0 Å². The number of nitrogens with one attached hydrogen (secondary N) is 1. The van der Waals surface area contributed by atoms with Crippen molar-refractivity contribution in [1.29, 1.82) is 0 Å². The smallest absolute Gasteiger partial charge is 0.305 e. The Balaban J connectivity index is 4.69. The minimum absolute atomic E-state index is 0.0102. The second-order valence-corrected chi connectivity index (χ2v) is 6.77. The van der Waals surface area contributed by atoms with Gasteiger partial charge in [-0.25, -0.2) is 0 Å². The van der Waals surface area contributed by atoms with Gasteiger partial charge in [0.05, 0.1) is 6.42 Å². The third-order valence-electron chi connectivity index (χ3n) is 3.11. The number of carboxylic acid groups (broad SMARTS) is 1. The molecule has 1 atom stereocenters. The minimum atomic E-state index is -0.876. The maximum Gasteiger partial charge on any atom is 0.305 e. The van der Waals surface area contributed by atoms with E-state index in [2.05, 4.69) is 5.32 Å². The second kappa shape index (κ2) is 6.21. The van der Waals surface area contributed by atoms with Crippen LogP contribution < -0.4 is 5.32 Å². The number of aliphatic carboxylic acids is 1. The Hall–Kier alpha value is -1.06. The standard InChI is InChI=1S/C14H27NO3/c1-7-14(5,6)12(18)15-10(8-11(16)17)9-13(2,3)4/h10H,7-9H2,1-6H3,(H,15,18)(H,16,17). The topological polar surface area (TPSA) is 66.4 Å². The Morgan fingerprint density at radius 1 is 1.17 bits per heavy atom. The highest BCUT2D eigenvalue weighted by Crippen LogP contribution is 2.24. The van der Waals surface area contributed by atoms with Crippen LogP contribution in [0.5, 0.6) is 0 Å². The Labute approximate surface area is 110 Å². The molecule has 18 heavy (non-hydrogen) atoms. The van der Waals surface area contributed by atoms with Gasteiger partial charge in [0.25, 0.3) is 0 Å². The monoisotopic (exact) mass is 257 g/mol. The predicted molar refractivity (Wildman–Crippen MR) is 72.3 cm³/mol. The molecule has 0 saturated carbocycles. The number of rotatable bonds is 6. The summed E-state index contributed by atoms with van der Waals surface area (Å²) in [5.41, 5.74) is -0.460. The zero-order chi connectivity index (χ0) is 14.6. The van der Waals surface area contributed by atoms with E-state index >= 15 is 0 Å². The summed E-state index contributed by atoms with van der Waals surface area (Å²) in [5, 5.41) is 11.8. The molecule has 1 unspecified atom stereocenters. The van der Waals surface area contributed by atoms with E-state index in [1.807, 2.05) is 41.5 Å². The van der Waals surface area contributed by atoms with Crippen molar-refractivity contribution in [3.05, 3.63) is 0 Å². The molecule has 0 aliphatic rings. The molecule has 0 aromatic rings. The summed E-state index contributed by atoms with van der Waals surface area (Å²) < 4.78 is 0. The average molecular weight is 257 g/mol. The largest absolute Gasteiger partial charge is 0.481 e. The van der Waals surface area contributed by atoms with Crippen LogP contribution in [0.1, 0.15) is 60.8 Å². The molecule has 0 aromatic carbocycles. The molecule has 0 heterocycles. The molecule has 1 amide bonds. The van der Waals surface area contributed by atoms with Crippen LogP contribution in [0.4, 0.5) is 0 Å². The van der Waals surface area contributed by atoms with Gasteiger partial charge in [-0.05, 0) is 18.3 Å². The second-order valence-electron chi connectivity index (χ2n) is 6.77. The van der Waals surface area contributed by atoms with Crippen LogP contribution in [0.15, 0.2) is 0 Å². The SMILES string of the molecule is CCC(C)(C)C(=O)NC(CC(=O)O)CC(C)(C)C. The van der Waals surface area contributed by atoms with Gasteiger partial charge in [0, 0.05) is 11.5 Å². The van der Waals surface area contributed by atoms with Gasteiger partial charge in [0.1, 0.15) is 0 Å². The summed E-state index contributed by atoms with van der Waals surface area (Å²) in [7, 11) is 0. The van der Waals surface area contributed by atoms with Gasteiger partial charge in [0.15, 0.2) is 0 Å². The number of hydrogen-bond donors (Lipinski definition) is 2. The van der Waals surface area contributed by atoms with E-state index in [0.29, 0.717) is 6.42 Å². The van der Waals surface area contributed by atoms with E-state index in [4.69, 9.17) is 5.11 Å². The molecular formula is C14H27NO3. The lowest BCUT2D eigenvalue weighted by atomic mass is 9.85. The Bertz CT molecular complexity index is 303. The quantitative estimate of drug-likeness (QED) is 0.769. The summed E-state index contributed by atoms with van der Waals surface area (Å²) in [6, 6.07) is -0.305. The first-order valence-electron chi connectivity index (χ1n) is 6.50. The third kappa shape index (κ3) is 6.62. The number of carboxylic acids is 1. The summed E-state index contributed by atoms with van der Waals surface area (Å²) in [4.78, 5) is 22.9. The lowest BCUT2D eigenvalue weighted by Gasteiger charge is -2.29. The van der Waals surface area contributed by atoms with Gasteiger partial charge < -0.3 is 10.4 Å². The van der Waals surface area contributed by atoms with Crippen LogP contribution in [0, 0.1) is 10.8 Å². The molecule has 106 valence electrons. The van der Waals surface area contributed by atoms with Crippen molar-refractivity contribution in [1.82, 2.24) is 5.32 Å². The van der Waals surface area contributed by atoms with Crippen LogP contribution in [0.2, 0.25) is 0 Å². The Kier molecular flexibility index (Phi) is 5.84. The molecule has 0 bridgehead atoms. The minimum Gasteiger partial charge on any atom is -0.481 e. The molecule has 0 radical (unpaired) electrons. The van der Waals surface area contributed by atoms with Crippen LogP contribution in [-0.4, -0.2) is 23.0 Å². The maximum absolute atomic E-state index is 12.1. The summed E-state index contributed by atoms with van der Waals surface area (Å²) in [6.07, 6.45) is 1.36. The number of hydrogen-bond acceptors (Lipinski definition) is 2. The molecule has 0 spiro atoms. The molecule has 0 rings (SSSR count). The van der Waals surface area contributed by atoms with Gasteiger partial charge >= 0.3 is 5.97 Å².